The minimum Gasteiger partial charge on any atom is -0.497 e. The summed E-state index contributed by atoms with van der Waals surface area (Å²) in [6, 6.07) is 20.1. The Morgan fingerprint density at radius 1 is 1.03 bits per heavy atom. The summed E-state index contributed by atoms with van der Waals surface area (Å²) in [5.74, 6) is 0.675. The maximum Gasteiger partial charge on any atom is 0.282 e. The van der Waals surface area contributed by atoms with Crippen molar-refractivity contribution in [3.63, 3.8) is 0 Å². The molecule has 0 radical (unpaired) electrons. The van der Waals surface area contributed by atoms with Gasteiger partial charge in [0.05, 0.1) is 23.3 Å². The number of para-hydroxylation sites is 1. The molecule has 154 valence electrons. The van der Waals surface area contributed by atoms with Crippen molar-refractivity contribution < 1.29 is 14.5 Å². The number of nitro groups is 1. The van der Waals surface area contributed by atoms with E-state index >= 15 is 0 Å². The van der Waals surface area contributed by atoms with Crippen LogP contribution in [0.4, 0.5) is 11.4 Å². The molecule has 3 aromatic carbocycles. The van der Waals surface area contributed by atoms with E-state index in [-0.39, 0.29) is 11.4 Å². The molecule has 0 aromatic heterocycles. The summed E-state index contributed by atoms with van der Waals surface area (Å²) in [7, 11) is 1.57. The van der Waals surface area contributed by atoms with Crippen LogP contribution in [0.1, 0.15) is 11.1 Å². The number of rotatable bonds is 5. The van der Waals surface area contributed by atoms with E-state index in [2.05, 4.69) is 4.99 Å². The zero-order valence-corrected chi connectivity index (χ0v) is 17.1. The molecule has 1 heterocycles. The predicted molar refractivity (Wildman–Crippen MR) is 120 cm³/mol. The second-order valence-electron chi connectivity index (χ2n) is 6.63. The quantitative estimate of drug-likeness (QED) is 0.318. The maximum atomic E-state index is 13.3. The molecule has 0 atom stereocenters. The number of hydrogen-bond acceptors (Lipinski definition) is 5. The number of aliphatic imine (C=N–C) groups is 1. The van der Waals surface area contributed by atoms with Gasteiger partial charge in [-0.3, -0.25) is 19.8 Å². The van der Waals surface area contributed by atoms with Gasteiger partial charge in [-0.15, -0.1) is 0 Å². The largest absolute Gasteiger partial charge is 0.497 e. The zero-order chi connectivity index (χ0) is 22.0. The Hall–Kier alpha value is -3.97. The van der Waals surface area contributed by atoms with Crippen LogP contribution in [-0.4, -0.2) is 23.8 Å². The standard InChI is InChI=1S/C23H16ClN3O4/c1-31-19-12-6-15(7-13-19)22-25-20(14-16-4-2-3-5-21(16)27(29)30)23(28)26(22)18-10-8-17(24)9-11-18/h2-14H,1H3/b20-14+. The van der Waals surface area contributed by atoms with Crippen molar-refractivity contribution in [1.82, 2.24) is 0 Å². The molecule has 0 bridgehead atoms. The molecule has 0 N–H and O–H groups in total. The van der Waals surface area contributed by atoms with Crippen molar-refractivity contribution in [2.24, 2.45) is 4.99 Å². The smallest absolute Gasteiger partial charge is 0.282 e. The van der Waals surface area contributed by atoms with Crippen molar-refractivity contribution in [2.75, 3.05) is 12.0 Å². The highest BCUT2D eigenvalue weighted by molar-refractivity contribution is 6.34. The van der Waals surface area contributed by atoms with Crippen LogP contribution in [-0.2, 0) is 4.79 Å². The molecule has 0 saturated carbocycles. The molecule has 0 spiro atoms. The number of nitro benzene ring substituents is 1. The minimum atomic E-state index is -0.489. The van der Waals surface area contributed by atoms with Gasteiger partial charge >= 0.3 is 0 Å². The second-order valence-corrected chi connectivity index (χ2v) is 7.06. The van der Waals surface area contributed by atoms with E-state index < -0.39 is 10.8 Å². The third-order valence-electron chi connectivity index (χ3n) is 4.72. The summed E-state index contributed by atoms with van der Waals surface area (Å²) in [6.45, 7) is 0. The van der Waals surface area contributed by atoms with Gasteiger partial charge in [-0.25, -0.2) is 4.99 Å². The van der Waals surface area contributed by atoms with Crippen LogP contribution in [0, 0.1) is 10.1 Å². The van der Waals surface area contributed by atoms with Gasteiger partial charge in [-0.2, -0.15) is 0 Å². The Morgan fingerprint density at radius 2 is 1.71 bits per heavy atom. The minimum absolute atomic E-state index is 0.0927. The summed E-state index contributed by atoms with van der Waals surface area (Å²) >= 11 is 6.00. The van der Waals surface area contributed by atoms with Gasteiger partial charge in [0.1, 0.15) is 17.3 Å². The number of ether oxygens (including phenoxy) is 1. The van der Waals surface area contributed by atoms with Crippen LogP contribution in [0.5, 0.6) is 5.75 Å². The van der Waals surface area contributed by atoms with Gasteiger partial charge < -0.3 is 4.74 Å². The summed E-state index contributed by atoms with van der Waals surface area (Å²) < 4.78 is 5.20. The Balaban J connectivity index is 1.84. The monoisotopic (exact) mass is 433 g/mol. The fraction of sp³-hybridized carbons (Fsp3) is 0.0435. The molecule has 1 aliphatic heterocycles. The van der Waals surface area contributed by atoms with Crippen molar-refractivity contribution in [3.8, 4) is 5.75 Å². The number of amides is 1. The number of carbonyl (C=O) groups is 1. The van der Waals surface area contributed by atoms with Gasteiger partial charge in [0.2, 0.25) is 0 Å². The van der Waals surface area contributed by atoms with Crippen molar-refractivity contribution >= 4 is 40.8 Å². The number of benzene rings is 3. The number of hydrogen-bond donors (Lipinski definition) is 0. The van der Waals surface area contributed by atoms with Crippen molar-refractivity contribution in [1.29, 1.82) is 0 Å². The van der Waals surface area contributed by atoms with Gasteiger partial charge in [0, 0.05) is 16.7 Å². The molecule has 1 amide bonds. The maximum absolute atomic E-state index is 13.3. The van der Waals surface area contributed by atoms with Gasteiger partial charge in [-0.05, 0) is 60.7 Å². The third-order valence-corrected chi connectivity index (χ3v) is 4.97. The molecule has 3 aromatic rings. The predicted octanol–water partition coefficient (Wildman–Crippen LogP) is 5.09. The molecule has 1 aliphatic rings. The molecule has 0 saturated heterocycles. The first-order chi connectivity index (χ1) is 15.0. The Labute approximate surface area is 183 Å². The lowest BCUT2D eigenvalue weighted by Gasteiger charge is -2.18. The van der Waals surface area contributed by atoms with E-state index in [4.69, 9.17) is 16.3 Å². The van der Waals surface area contributed by atoms with Crippen LogP contribution in [0.25, 0.3) is 6.08 Å². The highest BCUT2D eigenvalue weighted by Gasteiger charge is 2.33. The van der Waals surface area contributed by atoms with Gasteiger partial charge in [0.15, 0.2) is 0 Å². The number of nitrogens with zero attached hydrogens (tertiary/aromatic N) is 3. The molecule has 4 rings (SSSR count). The molecular weight excluding hydrogens is 418 g/mol. The molecule has 0 unspecified atom stereocenters. The van der Waals surface area contributed by atoms with Crippen LogP contribution in [0.2, 0.25) is 5.02 Å². The van der Waals surface area contributed by atoms with Crippen LogP contribution in [0.15, 0.2) is 83.5 Å². The fourth-order valence-corrected chi connectivity index (χ4v) is 3.33. The first-order valence-electron chi connectivity index (χ1n) is 9.26. The average molecular weight is 434 g/mol. The number of anilines is 1. The first kappa shape index (κ1) is 20.3. The molecule has 0 fully saturated rings. The Kier molecular flexibility index (Phi) is 5.51. The van der Waals surface area contributed by atoms with E-state index in [1.165, 1.54) is 17.0 Å². The van der Waals surface area contributed by atoms with Crippen LogP contribution >= 0.6 is 11.6 Å². The number of methoxy groups -OCH3 is 1. The van der Waals surface area contributed by atoms with E-state index in [1.807, 2.05) is 0 Å². The highest BCUT2D eigenvalue weighted by atomic mass is 35.5. The van der Waals surface area contributed by atoms with Crippen molar-refractivity contribution in [2.45, 2.75) is 0 Å². The molecular formula is C23H16ClN3O4. The van der Waals surface area contributed by atoms with Crippen molar-refractivity contribution in [3.05, 3.63) is 105 Å². The lowest BCUT2D eigenvalue weighted by atomic mass is 10.1. The van der Waals surface area contributed by atoms with Crippen LogP contribution in [0.3, 0.4) is 0 Å². The lowest BCUT2D eigenvalue weighted by molar-refractivity contribution is -0.385. The molecule has 31 heavy (non-hydrogen) atoms. The number of halogens is 1. The van der Waals surface area contributed by atoms with Gasteiger partial charge in [-0.1, -0.05) is 23.7 Å². The van der Waals surface area contributed by atoms with Gasteiger partial charge in [0.25, 0.3) is 11.6 Å². The van der Waals surface area contributed by atoms with Crippen LogP contribution < -0.4 is 9.64 Å². The Morgan fingerprint density at radius 3 is 2.35 bits per heavy atom. The highest BCUT2D eigenvalue weighted by Crippen LogP contribution is 2.30. The molecule has 7 nitrogen and oxygen atoms in total. The molecule has 8 heteroatoms. The summed E-state index contributed by atoms with van der Waals surface area (Å²) in [4.78, 5) is 30.2. The average Bonchev–Trinajstić information content (AvgIpc) is 3.10. The van der Waals surface area contributed by atoms with E-state index in [0.717, 1.165) is 0 Å². The number of carbonyl (C=O) groups excluding carboxylic acids is 1. The summed E-state index contributed by atoms with van der Waals surface area (Å²) in [5.41, 5.74) is 1.56. The lowest BCUT2D eigenvalue weighted by Crippen LogP contribution is -2.32. The number of amidine groups is 1. The fourth-order valence-electron chi connectivity index (χ4n) is 3.20. The first-order valence-corrected chi connectivity index (χ1v) is 9.64. The normalized spacial score (nSPS) is 14.6. The SMILES string of the molecule is COc1ccc(C2=N/C(=C/c3ccccc3[N+](=O)[O-])C(=O)N2c2ccc(Cl)cc2)cc1. The summed E-state index contributed by atoms with van der Waals surface area (Å²) in [6.07, 6.45) is 1.43. The third kappa shape index (κ3) is 4.04. The molecule has 0 aliphatic carbocycles. The van der Waals surface area contributed by atoms with E-state index in [9.17, 15) is 14.9 Å². The second kappa shape index (κ2) is 8.41. The van der Waals surface area contributed by atoms with E-state index in [1.54, 1.807) is 73.8 Å². The van der Waals surface area contributed by atoms with E-state index in [0.29, 0.717) is 33.4 Å². The zero-order valence-electron chi connectivity index (χ0n) is 16.4. The summed E-state index contributed by atoms with van der Waals surface area (Å²) in [5, 5.41) is 11.9. The topological polar surface area (TPSA) is 85.0 Å². The Bertz CT molecular complexity index is 1220.